The molecule has 1 aliphatic heterocycles. The first kappa shape index (κ1) is 28.2. The van der Waals surface area contributed by atoms with Crippen molar-refractivity contribution in [1.29, 1.82) is 0 Å². The summed E-state index contributed by atoms with van der Waals surface area (Å²) in [4.78, 5) is 13.4. The molecule has 0 amide bonds. The molecule has 0 bridgehead atoms. The minimum absolute atomic E-state index is 0.0461. The van der Waals surface area contributed by atoms with Crippen LogP contribution in [0.25, 0.3) is 11.6 Å². The van der Waals surface area contributed by atoms with Gasteiger partial charge in [-0.2, -0.15) is 0 Å². The summed E-state index contributed by atoms with van der Waals surface area (Å²) in [5.74, 6) is -1.91. The van der Waals surface area contributed by atoms with E-state index in [2.05, 4.69) is 20.0 Å². The SMILES string of the molecule is COc1cc(S(=O)(=O)N2C[C@H](CNc3noc(=O)[nH]3)Oc3ccc(/C=C(\C)c4c(F)cccc4Cl)cc32)ccc1F. The Morgan fingerprint density at radius 2 is 2.02 bits per heavy atom. The number of anilines is 2. The predicted molar refractivity (Wildman–Crippen MR) is 149 cm³/mol. The number of nitrogens with one attached hydrogen (secondary N) is 2. The van der Waals surface area contributed by atoms with Crippen molar-refractivity contribution in [3.05, 3.63) is 92.9 Å². The van der Waals surface area contributed by atoms with Crippen molar-refractivity contribution in [2.45, 2.75) is 17.9 Å². The van der Waals surface area contributed by atoms with Gasteiger partial charge in [0.2, 0.25) is 5.95 Å². The second-order valence-electron chi connectivity index (χ2n) is 9.05. The Labute approximate surface area is 238 Å². The number of aromatic amines is 1. The predicted octanol–water partition coefficient (Wildman–Crippen LogP) is 4.93. The maximum absolute atomic E-state index is 14.5. The zero-order valence-corrected chi connectivity index (χ0v) is 23.2. The molecule has 41 heavy (non-hydrogen) atoms. The molecule has 10 nitrogen and oxygen atoms in total. The fraction of sp³-hybridized carbons (Fsp3) is 0.185. The van der Waals surface area contributed by atoms with Gasteiger partial charge in [-0.1, -0.05) is 29.8 Å². The summed E-state index contributed by atoms with van der Waals surface area (Å²) in [6.07, 6.45) is 0.936. The number of hydrogen-bond donors (Lipinski definition) is 2. The first-order valence-electron chi connectivity index (χ1n) is 12.2. The van der Waals surface area contributed by atoms with Gasteiger partial charge in [0.1, 0.15) is 17.7 Å². The highest BCUT2D eigenvalue weighted by Crippen LogP contribution is 2.39. The average molecular weight is 605 g/mol. The summed E-state index contributed by atoms with van der Waals surface area (Å²) in [5, 5.41) is 6.60. The standard InChI is InChI=1S/C27H23ClF2N4O6S/c1-15(25-19(28)4-3-5-21(25)30)10-16-6-9-23-22(11-16)34(14-17(39-23)13-31-26-32-27(35)40-33-26)41(36,37)18-7-8-20(29)24(12-18)38-2/h3-12,17H,13-14H2,1-2H3,(H2,31,32,33,35)/b15-10+/t17-/m0/s1. The largest absolute Gasteiger partial charge is 0.494 e. The molecule has 0 unspecified atom stereocenters. The number of halogens is 3. The van der Waals surface area contributed by atoms with Gasteiger partial charge in [-0.15, -0.1) is 0 Å². The van der Waals surface area contributed by atoms with Gasteiger partial charge in [-0.3, -0.25) is 13.8 Å². The molecular formula is C27H23ClF2N4O6S. The summed E-state index contributed by atoms with van der Waals surface area (Å²) in [6.45, 7) is 1.58. The van der Waals surface area contributed by atoms with Crippen LogP contribution < -0.4 is 24.9 Å². The van der Waals surface area contributed by atoms with Crippen LogP contribution in [0.2, 0.25) is 5.02 Å². The quantitative estimate of drug-likeness (QED) is 0.271. The topological polar surface area (TPSA) is 127 Å². The molecule has 2 heterocycles. The number of benzene rings is 3. The Morgan fingerprint density at radius 3 is 2.73 bits per heavy atom. The van der Waals surface area contributed by atoms with Crippen LogP contribution in [-0.4, -0.2) is 44.9 Å². The molecule has 0 spiro atoms. The van der Waals surface area contributed by atoms with E-state index in [1.807, 2.05) is 0 Å². The molecule has 0 aliphatic carbocycles. The first-order chi connectivity index (χ1) is 19.6. The van der Waals surface area contributed by atoms with Crippen LogP contribution in [0, 0.1) is 11.6 Å². The van der Waals surface area contributed by atoms with Crippen molar-refractivity contribution < 1.29 is 31.2 Å². The minimum Gasteiger partial charge on any atom is -0.494 e. The number of sulfonamides is 1. The lowest BCUT2D eigenvalue weighted by Gasteiger charge is -2.35. The lowest BCUT2D eigenvalue weighted by molar-refractivity contribution is 0.212. The second kappa shape index (κ2) is 11.3. The number of hydrogen-bond acceptors (Lipinski definition) is 8. The lowest BCUT2D eigenvalue weighted by Crippen LogP contribution is -2.46. The normalized spacial score (nSPS) is 15.3. The number of rotatable bonds is 8. The van der Waals surface area contributed by atoms with Gasteiger partial charge in [0.25, 0.3) is 10.0 Å². The van der Waals surface area contributed by atoms with Gasteiger partial charge in [-0.05, 0) is 59.6 Å². The van der Waals surface area contributed by atoms with E-state index < -0.39 is 33.5 Å². The number of aromatic nitrogens is 2. The van der Waals surface area contributed by atoms with Crippen molar-refractivity contribution in [2.75, 3.05) is 29.8 Å². The summed E-state index contributed by atoms with van der Waals surface area (Å²) in [6, 6.07) is 12.5. The van der Waals surface area contributed by atoms with E-state index in [9.17, 15) is 22.0 Å². The molecule has 0 fully saturated rings. The third kappa shape index (κ3) is 5.77. The van der Waals surface area contributed by atoms with Gasteiger partial charge in [0.15, 0.2) is 11.6 Å². The van der Waals surface area contributed by atoms with Gasteiger partial charge in [0, 0.05) is 11.6 Å². The van der Waals surface area contributed by atoms with E-state index in [0.29, 0.717) is 11.1 Å². The van der Waals surface area contributed by atoms with E-state index in [4.69, 9.17) is 21.1 Å². The fourth-order valence-electron chi connectivity index (χ4n) is 4.39. The fourth-order valence-corrected chi connectivity index (χ4v) is 6.22. The Kier molecular flexibility index (Phi) is 7.74. The third-order valence-corrected chi connectivity index (χ3v) is 8.39. The Hall–Kier alpha value is -4.36. The molecule has 4 aromatic rings. The van der Waals surface area contributed by atoms with Crippen molar-refractivity contribution in [2.24, 2.45) is 0 Å². The molecule has 0 saturated carbocycles. The number of allylic oxidation sites excluding steroid dienone is 1. The first-order valence-corrected chi connectivity index (χ1v) is 14.0. The summed E-state index contributed by atoms with van der Waals surface area (Å²) < 4.78 is 73.1. The molecule has 0 saturated heterocycles. The molecular weight excluding hydrogens is 582 g/mol. The van der Waals surface area contributed by atoms with Gasteiger partial charge < -0.3 is 14.8 Å². The summed E-state index contributed by atoms with van der Waals surface area (Å²) >= 11 is 6.22. The maximum Gasteiger partial charge on any atom is 0.440 e. The summed E-state index contributed by atoms with van der Waals surface area (Å²) in [7, 11) is -3.03. The molecule has 1 atom stereocenters. The van der Waals surface area contributed by atoms with Crippen LogP contribution in [0.1, 0.15) is 18.1 Å². The van der Waals surface area contributed by atoms with Crippen LogP contribution in [0.5, 0.6) is 11.5 Å². The summed E-state index contributed by atoms with van der Waals surface area (Å²) in [5.41, 5.74) is 1.51. The number of fused-ring (bicyclic) bond motifs is 1. The molecule has 14 heteroatoms. The Morgan fingerprint density at radius 1 is 1.22 bits per heavy atom. The monoisotopic (exact) mass is 604 g/mol. The van der Waals surface area contributed by atoms with Gasteiger partial charge in [0.05, 0.1) is 35.8 Å². The van der Waals surface area contributed by atoms with Crippen LogP contribution >= 0.6 is 11.6 Å². The lowest BCUT2D eigenvalue weighted by atomic mass is 10.0. The van der Waals surface area contributed by atoms with Crippen molar-refractivity contribution >= 4 is 44.9 Å². The molecule has 2 N–H and O–H groups in total. The average Bonchev–Trinajstić information content (AvgIpc) is 3.36. The van der Waals surface area contributed by atoms with Crippen LogP contribution in [0.15, 0.2) is 68.8 Å². The molecule has 1 aromatic heterocycles. The van der Waals surface area contributed by atoms with Crippen LogP contribution in [0.3, 0.4) is 0 Å². The van der Waals surface area contributed by atoms with E-state index in [1.54, 1.807) is 37.3 Å². The Balaban J connectivity index is 1.55. The van der Waals surface area contributed by atoms with E-state index in [0.717, 1.165) is 22.5 Å². The molecule has 214 valence electrons. The maximum atomic E-state index is 14.5. The van der Waals surface area contributed by atoms with Crippen LogP contribution in [0.4, 0.5) is 20.4 Å². The third-order valence-electron chi connectivity index (χ3n) is 6.30. The van der Waals surface area contributed by atoms with Crippen molar-refractivity contribution in [3.8, 4) is 11.5 Å². The van der Waals surface area contributed by atoms with Crippen molar-refractivity contribution in [1.82, 2.24) is 10.1 Å². The van der Waals surface area contributed by atoms with Crippen molar-refractivity contribution in [3.63, 3.8) is 0 Å². The highest BCUT2D eigenvalue weighted by molar-refractivity contribution is 7.92. The highest BCUT2D eigenvalue weighted by atomic mass is 35.5. The number of nitrogens with zero attached hydrogens (tertiary/aromatic N) is 2. The molecule has 5 rings (SSSR count). The zero-order chi connectivity index (χ0) is 29.3. The number of methoxy groups -OCH3 is 1. The van der Waals surface area contributed by atoms with Gasteiger partial charge >= 0.3 is 5.76 Å². The second-order valence-corrected chi connectivity index (χ2v) is 11.3. The smallest absolute Gasteiger partial charge is 0.440 e. The number of ether oxygens (including phenoxy) is 2. The van der Waals surface area contributed by atoms with E-state index in [1.165, 1.54) is 19.2 Å². The molecule has 0 radical (unpaired) electrons. The van der Waals surface area contributed by atoms with E-state index >= 15 is 0 Å². The van der Waals surface area contributed by atoms with E-state index in [-0.39, 0.29) is 51.7 Å². The van der Waals surface area contributed by atoms with Crippen LogP contribution in [-0.2, 0) is 10.0 Å². The Bertz CT molecular complexity index is 1790. The number of H-pyrrole nitrogens is 1. The highest BCUT2D eigenvalue weighted by Gasteiger charge is 2.35. The van der Waals surface area contributed by atoms with Gasteiger partial charge in [-0.25, -0.2) is 22.0 Å². The zero-order valence-electron chi connectivity index (χ0n) is 21.7. The molecule has 1 aliphatic rings. The minimum atomic E-state index is -4.26. The molecule has 3 aromatic carbocycles.